The van der Waals surface area contributed by atoms with Crippen molar-refractivity contribution in [1.82, 2.24) is 0 Å². The van der Waals surface area contributed by atoms with Gasteiger partial charge in [0.25, 0.3) is 5.92 Å². The van der Waals surface area contributed by atoms with Crippen LogP contribution in [0.3, 0.4) is 0 Å². The van der Waals surface area contributed by atoms with E-state index < -0.39 is 30.9 Å². The van der Waals surface area contributed by atoms with Gasteiger partial charge in [0.2, 0.25) is 1.43 Å². The molecular formula is C27H42F2O5P2. The van der Waals surface area contributed by atoms with Crippen molar-refractivity contribution in [3.63, 3.8) is 0 Å². The van der Waals surface area contributed by atoms with Crippen LogP contribution in [0.4, 0.5) is 8.78 Å². The van der Waals surface area contributed by atoms with Gasteiger partial charge in [-0.1, -0.05) is 75.1 Å². The molecule has 1 fully saturated rings. The summed E-state index contributed by atoms with van der Waals surface area (Å²) >= 11 is 0. The number of hydrogen-bond acceptors (Lipinski definition) is 5. The number of alkyl halides is 2. The molecule has 1 aliphatic rings. The quantitative estimate of drug-likeness (QED) is 0.0834. The summed E-state index contributed by atoms with van der Waals surface area (Å²) in [4.78, 5) is 12.0. The highest BCUT2D eigenvalue weighted by Crippen LogP contribution is 2.42. The fourth-order valence-electron chi connectivity index (χ4n) is 4.73. The maximum Gasteiger partial charge on any atom is 0.306 e. The number of carbonyl (C=O) groups is 1. The Kier molecular flexibility index (Phi) is 12.4. The van der Waals surface area contributed by atoms with Gasteiger partial charge >= 0.3 is 5.97 Å². The van der Waals surface area contributed by atoms with E-state index in [0.29, 0.717) is 25.7 Å². The van der Waals surface area contributed by atoms with E-state index in [9.17, 15) is 13.6 Å². The predicted octanol–water partition coefficient (Wildman–Crippen LogP) is 6.80. The molecule has 2 rings (SSSR count). The van der Waals surface area contributed by atoms with Gasteiger partial charge in [-0.15, -0.1) is 0 Å². The summed E-state index contributed by atoms with van der Waals surface area (Å²) in [5.74, 6) is -3.72. The molecule has 1 N–H and O–H groups in total. The van der Waals surface area contributed by atoms with E-state index in [1.807, 2.05) is 37.3 Å². The lowest BCUT2D eigenvalue weighted by atomic mass is 9.87. The monoisotopic (exact) mass is 552 g/mol. The number of rotatable bonds is 20. The van der Waals surface area contributed by atoms with Crippen LogP contribution in [-0.2, 0) is 25.2 Å². The van der Waals surface area contributed by atoms with Gasteiger partial charge in [0.05, 0.1) is 14.8 Å². The average Bonchev–Trinajstić information content (AvgIpc) is 3.25. The molecule has 1 saturated carbocycles. The van der Waals surface area contributed by atoms with Crippen LogP contribution in [0.5, 0.6) is 0 Å². The maximum atomic E-state index is 14.6. The normalized spacial score (nSPS) is 25.0. The van der Waals surface area contributed by atoms with Gasteiger partial charge in [0, 0.05) is 44.0 Å². The minimum atomic E-state index is -3.16. The summed E-state index contributed by atoms with van der Waals surface area (Å²) in [6, 6.07) is 9.54. The van der Waals surface area contributed by atoms with Gasteiger partial charge in [-0.2, -0.15) is 0 Å². The van der Waals surface area contributed by atoms with Gasteiger partial charge in [0.1, 0.15) is 12.7 Å². The summed E-state index contributed by atoms with van der Waals surface area (Å²) in [6.45, 7) is 2.10. The number of unbranched alkanes of at least 4 members (excludes halogenated alkanes) is 4. The van der Waals surface area contributed by atoms with Crippen LogP contribution in [0.25, 0.3) is 0 Å². The van der Waals surface area contributed by atoms with E-state index in [1.54, 1.807) is 6.08 Å². The summed E-state index contributed by atoms with van der Waals surface area (Å²) in [7, 11) is -0.969. The zero-order chi connectivity index (χ0) is 28.5. The van der Waals surface area contributed by atoms with Crippen molar-refractivity contribution in [3.8, 4) is 0 Å². The van der Waals surface area contributed by atoms with E-state index in [1.165, 1.54) is 6.08 Å². The molecule has 1 aliphatic carbocycles. The summed E-state index contributed by atoms with van der Waals surface area (Å²) in [5.41, 5.74) is 0.953. The lowest BCUT2D eigenvalue weighted by Gasteiger charge is -2.25. The Morgan fingerprint density at radius 2 is 1.94 bits per heavy atom. The SMILES string of the molecule is [3H]OC(/C=C/[C@@H]1C(CCCCCCC(=O)OCc2ccccc2)[C@@H](OP[3H])C[C@H]1OP[3H])C(F)(F)CCCC. The Hall–Kier alpha value is -0.970. The van der Waals surface area contributed by atoms with Crippen molar-refractivity contribution in [1.29, 1.82) is 3.99 Å². The molecule has 0 radical (unpaired) electrons. The third-order valence-electron chi connectivity index (χ3n) is 6.87. The van der Waals surface area contributed by atoms with E-state index in [4.69, 9.17) is 17.8 Å². The average molecular weight is 553 g/mol. The van der Waals surface area contributed by atoms with E-state index in [0.717, 1.165) is 37.7 Å². The Balaban J connectivity index is 1.89. The lowest BCUT2D eigenvalue weighted by molar-refractivity contribution is -0.145. The lowest BCUT2D eigenvalue weighted by Crippen LogP contribution is -2.32. The molecule has 204 valence electrons. The van der Waals surface area contributed by atoms with Crippen LogP contribution in [-0.4, -0.2) is 39.3 Å². The fraction of sp³-hybridized carbons (Fsp3) is 0.667. The first-order chi connectivity index (χ1) is 18.9. The van der Waals surface area contributed by atoms with Crippen LogP contribution in [0.15, 0.2) is 42.5 Å². The summed E-state index contributed by atoms with van der Waals surface area (Å²) in [5, 5.41) is 4.40. The predicted molar refractivity (Wildman–Crippen MR) is 144 cm³/mol. The Morgan fingerprint density at radius 1 is 1.19 bits per heavy atom. The Bertz CT molecular complexity index is 841. The molecular weight excluding hydrogens is 504 g/mol. The Morgan fingerprint density at radius 3 is 2.67 bits per heavy atom. The first kappa shape index (κ1) is 26.6. The summed E-state index contributed by atoms with van der Waals surface area (Å²) in [6.07, 6.45) is 6.09. The van der Waals surface area contributed by atoms with Gasteiger partial charge in [-0.3, -0.25) is 4.79 Å². The standard InChI is InChI=1S/C27H42F2O5P2/c1-2-3-17-27(28,29)25(30)16-15-22-21(23(33-35)18-24(22)34-36)13-9-4-5-10-14-26(31)32-19-20-11-7-6-8-12-20/h6-8,11-12,15-16,21-25,30H,2-5,9-10,13-14,17-19,35-36H2,1H3/b16-15+/t21?,22-,23+,24-,25?/m1/s1/i30T,35T,36T/t21?,22-,23+,24-,25?,35?,36?. The highest BCUT2D eigenvalue weighted by Gasteiger charge is 2.43. The Labute approximate surface area is 223 Å². The van der Waals surface area contributed by atoms with E-state index in [2.05, 4.69) is 5.11 Å². The number of aliphatic hydroxyl groups excluding tert-OH is 1. The molecule has 0 heterocycles. The minimum absolute atomic E-state index is 0.0630. The number of halogens is 2. The molecule has 0 bridgehead atoms. The minimum Gasteiger partial charge on any atom is -0.461 e. The molecule has 0 aromatic heterocycles. The largest absolute Gasteiger partial charge is 0.461 e. The van der Waals surface area contributed by atoms with Crippen LogP contribution in [0.2, 0.25) is 0 Å². The third-order valence-corrected chi connectivity index (χ3v) is 7.47. The van der Waals surface area contributed by atoms with Gasteiger partial charge < -0.3 is 18.9 Å². The number of hydrogen-bond donors (Lipinski definition) is 1. The molecule has 7 atom stereocenters. The highest BCUT2D eigenvalue weighted by molar-refractivity contribution is 7.10. The number of benzene rings is 1. The van der Waals surface area contributed by atoms with Crippen molar-refractivity contribution in [3.05, 3.63) is 48.0 Å². The second-order valence-corrected chi connectivity index (χ2v) is 10.0. The van der Waals surface area contributed by atoms with Gasteiger partial charge in [0.15, 0.2) is 0 Å². The van der Waals surface area contributed by atoms with Crippen LogP contribution in [0, 0.1) is 11.8 Å². The second-order valence-electron chi connectivity index (χ2n) is 9.56. The zero-order valence-corrected chi connectivity index (χ0v) is 23.0. The molecule has 5 nitrogen and oxygen atoms in total. The third kappa shape index (κ3) is 10.4. The zero-order valence-electron chi connectivity index (χ0n) is 24.0. The number of esters is 1. The molecule has 0 spiro atoms. The molecule has 36 heavy (non-hydrogen) atoms. The summed E-state index contributed by atoms with van der Waals surface area (Å²) < 4.78 is 68.1. The maximum absolute atomic E-state index is 14.6. The highest BCUT2D eigenvalue weighted by atomic mass is 31.0. The van der Waals surface area contributed by atoms with Crippen molar-refractivity contribution in [2.75, 3.05) is 0 Å². The van der Waals surface area contributed by atoms with Crippen LogP contribution >= 0.6 is 18.8 Å². The first-order valence-electron chi connectivity index (χ1n) is 14.3. The van der Waals surface area contributed by atoms with Crippen molar-refractivity contribution in [2.24, 2.45) is 11.8 Å². The topological polar surface area (TPSA) is 65.0 Å². The van der Waals surface area contributed by atoms with E-state index >= 15 is 0 Å². The van der Waals surface area contributed by atoms with Crippen molar-refractivity contribution >= 4 is 24.8 Å². The molecule has 1 aromatic carbocycles. The van der Waals surface area contributed by atoms with Crippen LogP contribution < -0.4 is 0 Å². The first-order valence-corrected chi connectivity index (χ1v) is 13.7. The van der Waals surface area contributed by atoms with E-state index in [-0.39, 0.29) is 43.0 Å². The number of aliphatic hydroxyl groups is 1. The smallest absolute Gasteiger partial charge is 0.306 e. The van der Waals surface area contributed by atoms with Crippen molar-refractivity contribution in [2.45, 2.75) is 102 Å². The van der Waals surface area contributed by atoms with Crippen molar-refractivity contribution < 1.29 is 32.5 Å². The van der Waals surface area contributed by atoms with Gasteiger partial charge in [-0.25, -0.2) is 8.78 Å². The molecule has 0 saturated heterocycles. The van der Waals surface area contributed by atoms with Gasteiger partial charge in [-0.05, 0) is 30.7 Å². The second kappa shape index (κ2) is 16.8. The molecule has 0 amide bonds. The number of carbonyl (C=O) groups excluding carboxylic acids is 1. The molecule has 9 heteroatoms. The fourth-order valence-corrected chi connectivity index (χ4v) is 5.25. The van der Waals surface area contributed by atoms with Crippen LogP contribution in [0.1, 0.15) is 76.7 Å². The molecule has 0 aliphatic heterocycles. The number of ether oxygens (including phenoxy) is 1. The molecule has 4 unspecified atom stereocenters. The molecule has 1 aromatic rings.